The van der Waals surface area contributed by atoms with Crippen LogP contribution in [0.15, 0.2) is 0 Å². The zero-order valence-electron chi connectivity index (χ0n) is 4.86. The topological polar surface area (TPSA) is 0 Å². The second-order valence-electron chi connectivity index (χ2n) is 1.39. The first-order valence-corrected chi connectivity index (χ1v) is 1.56. The van der Waals surface area contributed by atoms with Crippen molar-refractivity contribution in [2.24, 2.45) is 5.92 Å². The van der Waals surface area contributed by atoms with E-state index < -0.39 is 0 Å². The Bertz CT molecular complexity index is 21.5. The molecule has 0 aromatic carbocycles. The van der Waals surface area contributed by atoms with E-state index in [2.05, 4.69) is 0 Å². The van der Waals surface area contributed by atoms with E-state index >= 15 is 0 Å². The third-order valence-corrected chi connectivity index (χ3v) is 0. The molecule has 0 unspecified atom stereocenters. The normalized spacial score (nSPS) is 9.80. The van der Waals surface area contributed by atoms with Crippen molar-refractivity contribution in [1.82, 2.24) is 0 Å². The maximum Gasteiger partial charge on any atom is 0.0233 e. The van der Waals surface area contributed by atoms with Crippen LogP contribution in [0.3, 0.4) is 0 Å². The van der Waals surface area contributed by atoms with Crippen molar-refractivity contribution in [2.75, 3.05) is 0 Å². The summed E-state index contributed by atoms with van der Waals surface area (Å²) in [6, 6.07) is 0. The fraction of sp³-hybridized carbons (Fsp3) is 1.00. The third kappa shape index (κ3) is 40.4. The van der Waals surface area contributed by atoms with E-state index in [1.54, 1.807) is 0 Å². The van der Waals surface area contributed by atoms with Crippen molar-refractivity contribution >= 4 is 0 Å². The Kier molecular flexibility index (Phi) is 6.23. The van der Waals surface area contributed by atoms with Gasteiger partial charge in [-0.25, -0.2) is 0 Å². The fourth-order valence-corrected chi connectivity index (χ4v) is 0. The predicted octanol–water partition coefficient (Wildman–Crippen LogP) is 1.66. The van der Waals surface area contributed by atoms with Gasteiger partial charge in [-0.2, -0.15) is 0 Å². The van der Waals surface area contributed by atoms with Gasteiger partial charge in [-0.05, 0) is 5.92 Å². The van der Waals surface area contributed by atoms with Gasteiger partial charge in [0, 0.05) is 34.1 Å². The van der Waals surface area contributed by atoms with Crippen LogP contribution < -0.4 is 0 Å². The van der Waals surface area contributed by atoms with E-state index in [9.17, 15) is 0 Å². The molecule has 0 aliphatic carbocycles. The molecule has 0 atom stereocenters. The number of hydrogen-bond donors (Lipinski definition) is 0. The smallest absolute Gasteiger partial charge is 0.0233 e. The van der Waals surface area contributed by atoms with E-state index in [0.717, 1.165) is 0 Å². The Morgan fingerprint density at radius 3 is 1.80 bits per heavy atom. The third-order valence-electron chi connectivity index (χ3n) is 0. The first-order chi connectivity index (χ1) is 2.27. The molecule has 0 aliphatic heterocycles. The van der Waals surface area contributed by atoms with Crippen LogP contribution in [-0.4, -0.2) is 0 Å². The van der Waals surface area contributed by atoms with E-state index in [-0.39, 0.29) is 32.7 Å². The molecule has 0 heterocycles. The molecule has 0 aromatic rings. The molecule has 0 saturated heterocycles. The van der Waals surface area contributed by atoms with Crippen LogP contribution in [0.2, 0.25) is 0 Å². The summed E-state index contributed by atoms with van der Waals surface area (Å²) < 4.78 is 6.66. The zero-order valence-corrected chi connectivity index (χ0v) is 6.70. The molecule has 0 N–H and O–H groups in total. The standard InChI is InChI=1S/C4H10.Y/c1-4(2)3;/h4H,1-3H3;/i1D;. The molecule has 5 heavy (non-hydrogen) atoms. The van der Waals surface area contributed by atoms with Crippen LogP contribution in [0, 0.1) is 5.92 Å². The van der Waals surface area contributed by atoms with Crippen molar-refractivity contribution in [2.45, 2.75) is 20.7 Å². The first kappa shape index (κ1) is 6.10. The minimum absolute atomic E-state index is 0. The number of rotatable bonds is 0. The summed E-state index contributed by atoms with van der Waals surface area (Å²) in [5.74, 6) is 0.551. The van der Waals surface area contributed by atoms with E-state index in [1.807, 2.05) is 13.8 Å². The van der Waals surface area contributed by atoms with Gasteiger partial charge in [0.05, 0.1) is 0 Å². The summed E-state index contributed by atoms with van der Waals surface area (Å²) >= 11 is 0. The summed E-state index contributed by atoms with van der Waals surface area (Å²) in [7, 11) is 0. The molecule has 0 fully saturated rings. The SMILES string of the molecule is [2H]CC(C)C.[Y]. The molecular formula is C4H10Y. The summed E-state index contributed by atoms with van der Waals surface area (Å²) in [6.45, 7) is 4.62. The largest absolute Gasteiger partial charge is 0.0630 e. The Morgan fingerprint density at radius 2 is 1.80 bits per heavy atom. The molecule has 0 amide bonds. The van der Waals surface area contributed by atoms with Gasteiger partial charge in [-0.15, -0.1) is 0 Å². The molecule has 29 valence electrons. The Hall–Kier alpha value is 1.10. The average molecular weight is 148 g/mol. The molecule has 0 aromatic heterocycles. The van der Waals surface area contributed by atoms with Gasteiger partial charge < -0.3 is 0 Å². The van der Waals surface area contributed by atoms with Crippen LogP contribution in [0.25, 0.3) is 0 Å². The van der Waals surface area contributed by atoms with Gasteiger partial charge in [0.25, 0.3) is 0 Å². The van der Waals surface area contributed by atoms with Crippen LogP contribution >= 0.6 is 0 Å². The van der Waals surface area contributed by atoms with Gasteiger partial charge in [0.1, 0.15) is 0 Å². The molecule has 0 bridgehead atoms. The van der Waals surface area contributed by atoms with Crippen LogP contribution in [-0.2, 0) is 32.7 Å². The molecule has 0 saturated carbocycles. The summed E-state index contributed by atoms with van der Waals surface area (Å²) in [4.78, 5) is 0. The zero-order chi connectivity index (χ0) is 4.28. The van der Waals surface area contributed by atoms with Crippen molar-refractivity contribution < 1.29 is 34.1 Å². The van der Waals surface area contributed by atoms with E-state index in [0.29, 0.717) is 12.8 Å². The average Bonchev–Trinajstić information content (AvgIpc) is 1.38. The minimum Gasteiger partial charge on any atom is -0.0630 e. The summed E-state index contributed by atoms with van der Waals surface area (Å²) in [5.41, 5.74) is 0. The van der Waals surface area contributed by atoms with Gasteiger partial charge in [0.2, 0.25) is 0 Å². The fourth-order valence-electron chi connectivity index (χ4n) is 0. The summed E-state index contributed by atoms with van der Waals surface area (Å²) in [6.07, 6.45) is 0. The Morgan fingerprint density at radius 1 is 1.60 bits per heavy atom. The molecule has 0 rings (SSSR count). The molecular weight excluding hydrogens is 137 g/mol. The molecule has 1 heteroatoms. The van der Waals surface area contributed by atoms with Crippen molar-refractivity contribution in [3.05, 3.63) is 0 Å². The molecule has 0 aliphatic rings. The monoisotopic (exact) mass is 148 g/mol. The quantitative estimate of drug-likeness (QED) is 0.490. The second-order valence-corrected chi connectivity index (χ2v) is 1.39. The summed E-state index contributed by atoms with van der Waals surface area (Å²) in [5, 5.41) is 0. The first-order valence-electron chi connectivity index (χ1n) is 2.27. The van der Waals surface area contributed by atoms with Crippen molar-refractivity contribution in [3.63, 3.8) is 0 Å². The van der Waals surface area contributed by atoms with Gasteiger partial charge in [-0.1, -0.05) is 20.7 Å². The maximum absolute atomic E-state index is 6.66. The predicted molar refractivity (Wildman–Crippen MR) is 20.5 cm³/mol. The molecule has 0 nitrogen and oxygen atoms in total. The molecule has 1 radical (unpaired) electrons. The van der Waals surface area contributed by atoms with E-state index in [4.69, 9.17) is 1.37 Å². The van der Waals surface area contributed by atoms with Gasteiger partial charge in [0.15, 0.2) is 0 Å². The van der Waals surface area contributed by atoms with Crippen LogP contribution in [0.1, 0.15) is 22.1 Å². The minimum atomic E-state index is 0. The number of hydrogen-bond acceptors (Lipinski definition) is 0. The Labute approximate surface area is 60.6 Å². The van der Waals surface area contributed by atoms with E-state index in [1.165, 1.54) is 0 Å². The molecule has 0 spiro atoms. The maximum atomic E-state index is 6.66. The van der Waals surface area contributed by atoms with Crippen molar-refractivity contribution in [1.29, 1.82) is 0 Å². The van der Waals surface area contributed by atoms with Crippen LogP contribution in [0.4, 0.5) is 0 Å². The Balaban J connectivity index is 0. The second kappa shape index (κ2) is 5.10. The van der Waals surface area contributed by atoms with Crippen LogP contribution in [0.5, 0.6) is 0 Å². The van der Waals surface area contributed by atoms with Gasteiger partial charge >= 0.3 is 0 Å². The van der Waals surface area contributed by atoms with Crippen molar-refractivity contribution in [3.8, 4) is 0 Å². The van der Waals surface area contributed by atoms with Gasteiger partial charge in [-0.3, -0.25) is 0 Å².